The number of amides is 1. The zero-order valence-electron chi connectivity index (χ0n) is 28.6. The minimum Gasteiger partial charge on any atom is -0.506 e. The maximum absolute atomic E-state index is 13.3. The number of hydrogen-bond acceptors (Lipinski definition) is 11. The standard InChI is InChI=1S/C38H42N4O7S2.FH/c1-42(26-10-12-27(13-11-26)49-37(47)38(48,32-4-2-20-50-32)33-5-3-21-51-33)19-18-35(46)40-25-8-6-24(7-9-25)22-39-23-31(44)28-14-16-30(43)36-29(28)15-17-34(45)41-36;/h2-9,14-17,20-21,26-27,31,39,43-44,48H,10-13,18-19,22-23H2,1H3,(H,40,46)(H,41,45);1H/t26?,27?,31-;/m0./s1. The number of phenolic OH excluding ortho intramolecular Hbond substituents is 1. The van der Waals surface area contributed by atoms with E-state index < -0.39 is 17.7 Å². The predicted molar refractivity (Wildman–Crippen MR) is 201 cm³/mol. The molecule has 6 N–H and O–H groups in total. The van der Waals surface area contributed by atoms with Gasteiger partial charge in [-0.25, -0.2) is 4.79 Å². The van der Waals surface area contributed by atoms with E-state index in [1.54, 1.807) is 24.3 Å². The highest BCUT2D eigenvalue weighted by molar-refractivity contribution is 7.12. The quantitative estimate of drug-likeness (QED) is 0.0818. The van der Waals surface area contributed by atoms with Gasteiger partial charge >= 0.3 is 5.97 Å². The minimum atomic E-state index is -1.80. The molecular formula is C38H43FN4O7S2. The lowest BCUT2D eigenvalue weighted by Gasteiger charge is -2.35. The summed E-state index contributed by atoms with van der Waals surface area (Å²) in [5.74, 6) is -0.771. The lowest BCUT2D eigenvalue weighted by atomic mass is 9.91. The molecule has 2 aromatic carbocycles. The first kappa shape index (κ1) is 38.8. The number of phenols is 1. The van der Waals surface area contributed by atoms with Gasteiger partial charge < -0.3 is 40.6 Å². The van der Waals surface area contributed by atoms with Crippen molar-refractivity contribution in [3.63, 3.8) is 0 Å². The second kappa shape index (κ2) is 17.4. The van der Waals surface area contributed by atoms with Crippen LogP contribution in [0.25, 0.3) is 10.9 Å². The molecular weight excluding hydrogens is 708 g/mol. The minimum absolute atomic E-state index is 0. The highest BCUT2D eigenvalue weighted by Crippen LogP contribution is 2.38. The van der Waals surface area contributed by atoms with E-state index in [-0.39, 0.29) is 40.6 Å². The van der Waals surface area contributed by atoms with Crippen LogP contribution in [-0.4, -0.2) is 69.4 Å². The Morgan fingerprint density at radius 1 is 0.981 bits per heavy atom. The summed E-state index contributed by atoms with van der Waals surface area (Å²) in [6, 6.07) is 21.0. The molecule has 11 nitrogen and oxygen atoms in total. The van der Waals surface area contributed by atoms with Crippen LogP contribution in [0.5, 0.6) is 5.75 Å². The molecule has 1 amide bonds. The SMILES string of the molecule is CN(CCC(=O)Nc1ccc(CNC[C@H](O)c2ccc(O)c3[nH]c(=O)ccc23)cc1)C1CCC(OC(=O)C(O)(c2cccs2)c2cccs2)CC1.F. The van der Waals surface area contributed by atoms with Crippen molar-refractivity contribution in [2.24, 2.45) is 0 Å². The van der Waals surface area contributed by atoms with Crippen LogP contribution in [0.15, 0.2) is 88.4 Å². The predicted octanol–water partition coefficient (Wildman–Crippen LogP) is 5.38. The average Bonchev–Trinajstić information content (AvgIpc) is 3.88. The van der Waals surface area contributed by atoms with E-state index in [2.05, 4.69) is 20.5 Å². The van der Waals surface area contributed by atoms with Crippen LogP contribution in [0.1, 0.15) is 59.1 Å². The summed E-state index contributed by atoms with van der Waals surface area (Å²) in [5, 5.41) is 42.8. The molecule has 1 atom stereocenters. The molecule has 0 unspecified atom stereocenters. The van der Waals surface area contributed by atoms with Gasteiger partial charge in [0.25, 0.3) is 0 Å². The van der Waals surface area contributed by atoms with Gasteiger partial charge in [-0.1, -0.05) is 30.3 Å². The Bertz CT molecular complexity index is 1940. The Morgan fingerprint density at radius 3 is 2.29 bits per heavy atom. The van der Waals surface area contributed by atoms with Crippen LogP contribution in [0.4, 0.5) is 10.4 Å². The third-order valence-corrected chi connectivity index (χ3v) is 11.4. The van der Waals surface area contributed by atoms with E-state index in [9.17, 15) is 29.7 Å². The zero-order chi connectivity index (χ0) is 36.0. The number of aromatic nitrogens is 1. The first-order valence-electron chi connectivity index (χ1n) is 17.0. The van der Waals surface area contributed by atoms with Gasteiger partial charge in [0.2, 0.25) is 17.1 Å². The number of H-pyrrole nitrogens is 1. The fraction of sp³-hybridized carbons (Fsp3) is 0.342. The van der Waals surface area contributed by atoms with Crippen molar-refractivity contribution < 1.29 is 34.3 Å². The van der Waals surface area contributed by atoms with Crippen LogP contribution in [-0.2, 0) is 26.5 Å². The molecule has 276 valence electrons. The summed E-state index contributed by atoms with van der Waals surface area (Å²) in [6.07, 6.45) is 2.23. The van der Waals surface area contributed by atoms with Crippen LogP contribution in [0.2, 0.25) is 0 Å². The molecule has 1 aliphatic rings. The van der Waals surface area contributed by atoms with Gasteiger partial charge in [-0.3, -0.25) is 14.3 Å². The molecule has 0 bridgehead atoms. The van der Waals surface area contributed by atoms with Gasteiger partial charge in [-0.05, 0) is 91.0 Å². The third-order valence-electron chi connectivity index (χ3n) is 9.45. The van der Waals surface area contributed by atoms with Crippen LogP contribution >= 0.6 is 22.7 Å². The Balaban J connectivity index is 0.00000523. The number of esters is 1. The summed E-state index contributed by atoms with van der Waals surface area (Å²) in [5.41, 5.74) is 0.425. The Kier molecular flexibility index (Phi) is 13.0. The van der Waals surface area contributed by atoms with Crippen molar-refractivity contribution in [1.29, 1.82) is 0 Å². The Hall–Kier alpha value is -4.44. The van der Waals surface area contributed by atoms with Gasteiger partial charge in [-0.2, -0.15) is 0 Å². The molecule has 1 fully saturated rings. The summed E-state index contributed by atoms with van der Waals surface area (Å²) in [6.45, 7) is 1.34. The second-order valence-corrected chi connectivity index (χ2v) is 14.8. The molecule has 1 aliphatic carbocycles. The number of aromatic hydroxyl groups is 1. The molecule has 0 spiro atoms. The van der Waals surface area contributed by atoms with Gasteiger partial charge in [0, 0.05) is 49.2 Å². The maximum atomic E-state index is 13.3. The van der Waals surface area contributed by atoms with Crippen molar-refractivity contribution in [3.05, 3.63) is 115 Å². The average molecular weight is 751 g/mol. The molecule has 3 aromatic heterocycles. The van der Waals surface area contributed by atoms with E-state index in [1.807, 2.05) is 54.2 Å². The van der Waals surface area contributed by atoms with Gasteiger partial charge in [-0.15, -0.1) is 22.7 Å². The number of ether oxygens (including phenoxy) is 1. The number of nitrogens with one attached hydrogen (secondary N) is 3. The number of aromatic amines is 1. The highest BCUT2D eigenvalue weighted by Gasteiger charge is 2.45. The lowest BCUT2D eigenvalue weighted by molar-refractivity contribution is -0.169. The maximum Gasteiger partial charge on any atom is 0.349 e. The number of fused-ring (bicyclic) bond motifs is 1. The number of rotatable bonds is 14. The number of carbonyl (C=O) groups excluding carboxylic acids is 2. The number of hydrogen-bond donors (Lipinski definition) is 6. The molecule has 0 saturated heterocycles. The van der Waals surface area contributed by atoms with E-state index in [0.29, 0.717) is 64.3 Å². The topological polar surface area (TPSA) is 164 Å². The van der Waals surface area contributed by atoms with Crippen LogP contribution in [0.3, 0.4) is 0 Å². The van der Waals surface area contributed by atoms with E-state index in [1.165, 1.54) is 34.8 Å². The smallest absolute Gasteiger partial charge is 0.349 e. The second-order valence-electron chi connectivity index (χ2n) is 12.9. The number of benzene rings is 2. The molecule has 3 heterocycles. The summed E-state index contributed by atoms with van der Waals surface area (Å²) >= 11 is 2.66. The van der Waals surface area contributed by atoms with E-state index in [4.69, 9.17) is 4.74 Å². The van der Waals surface area contributed by atoms with E-state index >= 15 is 0 Å². The highest BCUT2D eigenvalue weighted by atomic mass is 32.1. The number of pyridine rings is 1. The molecule has 0 radical (unpaired) electrons. The number of nitrogens with zero attached hydrogens (tertiary/aromatic N) is 1. The number of thiophene rings is 2. The number of aliphatic hydroxyl groups is 2. The van der Waals surface area contributed by atoms with Crippen LogP contribution < -0.4 is 16.2 Å². The van der Waals surface area contributed by atoms with Crippen LogP contribution in [0, 0.1) is 0 Å². The lowest BCUT2D eigenvalue weighted by Crippen LogP contribution is -2.42. The van der Waals surface area contributed by atoms with Crippen molar-refractivity contribution in [2.45, 2.75) is 62.5 Å². The number of halogens is 1. The van der Waals surface area contributed by atoms with Crippen molar-refractivity contribution in [3.8, 4) is 5.75 Å². The summed E-state index contributed by atoms with van der Waals surface area (Å²) in [4.78, 5) is 43.7. The molecule has 0 aliphatic heterocycles. The van der Waals surface area contributed by atoms with E-state index in [0.717, 1.165) is 18.4 Å². The zero-order valence-corrected chi connectivity index (χ0v) is 30.3. The molecule has 1 saturated carbocycles. The molecule has 6 rings (SSSR count). The monoisotopic (exact) mass is 750 g/mol. The normalized spacial score (nSPS) is 16.7. The largest absolute Gasteiger partial charge is 0.506 e. The van der Waals surface area contributed by atoms with Gasteiger partial charge in [0.15, 0.2) is 0 Å². The van der Waals surface area contributed by atoms with Crippen molar-refractivity contribution in [2.75, 3.05) is 25.5 Å². The van der Waals surface area contributed by atoms with Crippen molar-refractivity contribution >= 4 is 51.1 Å². The summed E-state index contributed by atoms with van der Waals surface area (Å²) in [7, 11) is 2.01. The first-order chi connectivity index (χ1) is 24.6. The van der Waals surface area contributed by atoms with Gasteiger partial charge in [0.05, 0.1) is 21.4 Å². The van der Waals surface area contributed by atoms with Crippen molar-refractivity contribution in [1.82, 2.24) is 15.2 Å². The number of anilines is 1. The Morgan fingerprint density at radius 2 is 1.65 bits per heavy atom. The number of carbonyl (C=O) groups is 2. The molecule has 52 heavy (non-hydrogen) atoms. The molecule has 14 heteroatoms. The van der Waals surface area contributed by atoms with Gasteiger partial charge in [0.1, 0.15) is 11.9 Å². The fourth-order valence-electron chi connectivity index (χ4n) is 6.53. The first-order valence-corrected chi connectivity index (χ1v) is 18.7. The summed E-state index contributed by atoms with van der Waals surface area (Å²) < 4.78 is 5.89. The Labute approximate surface area is 308 Å². The fourth-order valence-corrected chi connectivity index (χ4v) is 8.25. The third kappa shape index (κ3) is 8.95. The number of aliphatic hydroxyl groups excluding tert-OH is 1. The molecule has 5 aromatic rings.